The maximum Gasteiger partial charge on any atom is 0.269 e. The van der Waals surface area contributed by atoms with Crippen molar-refractivity contribution in [2.24, 2.45) is 0 Å². The number of hydrogen-bond donors (Lipinski definition) is 0. The maximum absolute atomic E-state index is 12.3. The van der Waals surface area contributed by atoms with Crippen LogP contribution in [0.1, 0.15) is 22.3 Å². The van der Waals surface area contributed by atoms with Gasteiger partial charge in [-0.3, -0.25) is 4.79 Å². The van der Waals surface area contributed by atoms with Crippen molar-refractivity contribution in [1.82, 2.24) is 4.57 Å². The zero-order valence-corrected chi connectivity index (χ0v) is 11.8. The van der Waals surface area contributed by atoms with Gasteiger partial charge >= 0.3 is 0 Å². The van der Waals surface area contributed by atoms with Crippen molar-refractivity contribution in [3.05, 3.63) is 63.1 Å². The Balaban J connectivity index is 2.53. The Labute approximate surface area is 117 Å². The number of pyridine rings is 1. The Morgan fingerprint density at radius 1 is 1.30 bits per heavy atom. The Hall–Kier alpha value is -2.54. The molecule has 0 unspecified atom stereocenters. The van der Waals surface area contributed by atoms with Gasteiger partial charge in [-0.05, 0) is 31.0 Å². The molecule has 0 spiro atoms. The number of rotatable bonds is 3. The predicted molar refractivity (Wildman–Crippen MR) is 77.0 cm³/mol. The molecule has 2 aromatic rings. The van der Waals surface area contributed by atoms with Crippen LogP contribution in [0, 0.1) is 25.2 Å². The van der Waals surface area contributed by atoms with Gasteiger partial charge in [0.25, 0.3) is 5.56 Å². The monoisotopic (exact) mass is 268 g/mol. The first-order chi connectivity index (χ1) is 9.58. The van der Waals surface area contributed by atoms with Crippen LogP contribution in [-0.4, -0.2) is 11.7 Å². The highest BCUT2D eigenvalue weighted by atomic mass is 16.5. The fraction of sp³-hybridized carbons (Fsp3) is 0.250. The second-order valence-electron chi connectivity index (χ2n) is 4.67. The smallest absolute Gasteiger partial charge is 0.269 e. The van der Waals surface area contributed by atoms with E-state index in [4.69, 9.17) is 10.00 Å². The summed E-state index contributed by atoms with van der Waals surface area (Å²) < 4.78 is 6.84. The second kappa shape index (κ2) is 5.62. The summed E-state index contributed by atoms with van der Waals surface area (Å²) in [7, 11) is 1.60. The van der Waals surface area contributed by atoms with Crippen LogP contribution in [0.25, 0.3) is 0 Å². The molecule has 4 heteroatoms. The van der Waals surface area contributed by atoms with E-state index in [2.05, 4.69) is 0 Å². The number of hydrogen-bond acceptors (Lipinski definition) is 3. The zero-order valence-electron chi connectivity index (χ0n) is 11.8. The van der Waals surface area contributed by atoms with Gasteiger partial charge in [-0.1, -0.05) is 18.2 Å². The Morgan fingerprint density at radius 3 is 2.65 bits per heavy atom. The molecule has 0 amide bonds. The van der Waals surface area contributed by atoms with E-state index in [1.807, 2.05) is 37.3 Å². The average molecular weight is 268 g/mol. The van der Waals surface area contributed by atoms with Crippen LogP contribution in [0.4, 0.5) is 0 Å². The molecule has 0 bridgehead atoms. The van der Waals surface area contributed by atoms with Crippen molar-refractivity contribution in [1.29, 1.82) is 5.26 Å². The van der Waals surface area contributed by atoms with E-state index in [-0.39, 0.29) is 11.1 Å². The molecule has 102 valence electrons. The second-order valence-corrected chi connectivity index (χ2v) is 4.67. The highest BCUT2D eigenvalue weighted by Crippen LogP contribution is 2.18. The minimum atomic E-state index is -0.262. The van der Waals surface area contributed by atoms with Gasteiger partial charge in [0.15, 0.2) is 0 Å². The minimum absolute atomic E-state index is 0.208. The van der Waals surface area contributed by atoms with Crippen LogP contribution in [0.15, 0.2) is 35.3 Å². The summed E-state index contributed by atoms with van der Waals surface area (Å²) in [6.45, 7) is 4.08. The molecule has 1 aromatic heterocycles. The van der Waals surface area contributed by atoms with E-state index in [9.17, 15) is 4.79 Å². The van der Waals surface area contributed by atoms with E-state index in [0.29, 0.717) is 6.54 Å². The number of aromatic nitrogens is 1. The lowest BCUT2D eigenvalue weighted by Crippen LogP contribution is -2.24. The molecule has 0 fully saturated rings. The molecule has 0 radical (unpaired) electrons. The molecule has 4 nitrogen and oxygen atoms in total. The van der Waals surface area contributed by atoms with Crippen molar-refractivity contribution >= 4 is 0 Å². The first-order valence-corrected chi connectivity index (χ1v) is 6.31. The highest BCUT2D eigenvalue weighted by molar-refractivity contribution is 5.40. The molecule has 1 heterocycles. The van der Waals surface area contributed by atoms with Gasteiger partial charge < -0.3 is 9.30 Å². The summed E-state index contributed by atoms with van der Waals surface area (Å²) >= 11 is 0. The Bertz CT molecular complexity index is 739. The molecule has 0 aliphatic heterocycles. The molecule has 0 N–H and O–H groups in total. The highest BCUT2D eigenvalue weighted by Gasteiger charge is 2.11. The largest absolute Gasteiger partial charge is 0.496 e. The van der Waals surface area contributed by atoms with Gasteiger partial charge in [-0.25, -0.2) is 0 Å². The average Bonchev–Trinajstić information content (AvgIpc) is 2.46. The fourth-order valence-electron chi connectivity index (χ4n) is 2.16. The van der Waals surface area contributed by atoms with E-state index in [0.717, 1.165) is 22.4 Å². The molecule has 2 rings (SSSR count). The van der Waals surface area contributed by atoms with Crippen molar-refractivity contribution in [3.63, 3.8) is 0 Å². The van der Waals surface area contributed by atoms with E-state index < -0.39 is 0 Å². The van der Waals surface area contributed by atoms with Crippen molar-refractivity contribution in [2.75, 3.05) is 7.11 Å². The van der Waals surface area contributed by atoms with E-state index in [1.54, 1.807) is 24.8 Å². The first kappa shape index (κ1) is 13.9. The molecule has 0 saturated heterocycles. The van der Waals surface area contributed by atoms with Crippen molar-refractivity contribution in [3.8, 4) is 11.8 Å². The molecule has 0 saturated carbocycles. The van der Waals surface area contributed by atoms with Crippen molar-refractivity contribution < 1.29 is 4.74 Å². The summed E-state index contributed by atoms with van der Waals surface area (Å²) in [6.07, 6.45) is 1.78. The number of ether oxygens (including phenoxy) is 1. The predicted octanol–water partition coefficient (Wildman–Crippen LogP) is 2.39. The fourth-order valence-corrected chi connectivity index (χ4v) is 2.16. The lowest BCUT2D eigenvalue weighted by atomic mass is 10.1. The molecule has 0 aliphatic carbocycles. The summed E-state index contributed by atoms with van der Waals surface area (Å²) in [6, 6.07) is 9.54. The number of aryl methyl sites for hydroxylation is 1. The van der Waals surface area contributed by atoms with E-state index >= 15 is 0 Å². The number of para-hydroxylation sites is 1. The van der Waals surface area contributed by atoms with Gasteiger partial charge in [0, 0.05) is 11.8 Å². The van der Waals surface area contributed by atoms with Crippen LogP contribution < -0.4 is 10.3 Å². The van der Waals surface area contributed by atoms with Crippen LogP contribution in [0.3, 0.4) is 0 Å². The number of benzene rings is 1. The summed E-state index contributed by atoms with van der Waals surface area (Å²) in [4.78, 5) is 12.3. The van der Waals surface area contributed by atoms with Gasteiger partial charge in [0.2, 0.25) is 0 Å². The number of nitrogens with zero attached hydrogens (tertiary/aromatic N) is 2. The number of nitriles is 1. The van der Waals surface area contributed by atoms with Gasteiger partial charge in [0.1, 0.15) is 17.4 Å². The normalized spacial score (nSPS) is 10.1. The maximum atomic E-state index is 12.3. The lowest BCUT2D eigenvalue weighted by Gasteiger charge is -2.12. The zero-order chi connectivity index (χ0) is 14.7. The summed E-state index contributed by atoms with van der Waals surface area (Å²) in [5, 5.41) is 9.13. The van der Waals surface area contributed by atoms with Crippen molar-refractivity contribution in [2.45, 2.75) is 20.4 Å². The molecule has 0 aliphatic rings. The Morgan fingerprint density at radius 2 is 2.00 bits per heavy atom. The van der Waals surface area contributed by atoms with Gasteiger partial charge in [-0.2, -0.15) is 5.26 Å². The number of methoxy groups -OCH3 is 1. The van der Waals surface area contributed by atoms with Gasteiger partial charge in [0.05, 0.1) is 13.7 Å². The summed E-state index contributed by atoms with van der Waals surface area (Å²) in [5.41, 5.74) is 2.52. The first-order valence-electron chi connectivity index (χ1n) is 6.31. The third-order valence-corrected chi connectivity index (χ3v) is 3.44. The van der Waals surface area contributed by atoms with Gasteiger partial charge in [-0.15, -0.1) is 0 Å². The molecular formula is C16H16N2O2. The molecule has 1 aromatic carbocycles. The van der Waals surface area contributed by atoms with Crippen LogP contribution in [-0.2, 0) is 6.54 Å². The minimum Gasteiger partial charge on any atom is -0.496 e. The SMILES string of the molecule is COc1ccccc1Cn1cc(C)c(C)c(C#N)c1=O. The van der Waals surface area contributed by atoms with Crippen LogP contribution in [0.5, 0.6) is 5.75 Å². The van der Waals surface area contributed by atoms with Crippen LogP contribution >= 0.6 is 0 Å². The third kappa shape index (κ3) is 2.43. The molecule has 0 atom stereocenters. The van der Waals surface area contributed by atoms with Crippen LogP contribution in [0.2, 0.25) is 0 Å². The molecular weight excluding hydrogens is 252 g/mol. The quantitative estimate of drug-likeness (QED) is 0.859. The lowest BCUT2D eigenvalue weighted by molar-refractivity contribution is 0.408. The topological polar surface area (TPSA) is 55.0 Å². The standard InChI is InChI=1S/C16H16N2O2/c1-11-9-18(16(19)14(8-17)12(11)2)10-13-6-4-5-7-15(13)20-3/h4-7,9H,10H2,1-3H3. The third-order valence-electron chi connectivity index (χ3n) is 3.44. The molecule has 20 heavy (non-hydrogen) atoms. The Kier molecular flexibility index (Phi) is 3.90. The van der Waals surface area contributed by atoms with E-state index in [1.165, 1.54) is 0 Å². The summed E-state index contributed by atoms with van der Waals surface area (Å²) in [5.74, 6) is 0.733.